The second-order valence-corrected chi connectivity index (χ2v) is 5.40. The van der Waals surface area contributed by atoms with E-state index in [-0.39, 0.29) is 29.4 Å². The number of nitrogens with one attached hydrogen (secondary N) is 1. The van der Waals surface area contributed by atoms with Gasteiger partial charge in [0.15, 0.2) is 18.1 Å². The van der Waals surface area contributed by atoms with Gasteiger partial charge in [0.2, 0.25) is 0 Å². The van der Waals surface area contributed by atoms with Crippen LogP contribution in [0.5, 0.6) is 11.5 Å². The van der Waals surface area contributed by atoms with Gasteiger partial charge in [0.05, 0.1) is 14.2 Å². The highest BCUT2D eigenvalue weighted by atomic mass is 16.5. The van der Waals surface area contributed by atoms with Crippen molar-refractivity contribution in [2.24, 2.45) is 0 Å². The summed E-state index contributed by atoms with van der Waals surface area (Å²) in [4.78, 5) is 23.9. The lowest BCUT2D eigenvalue weighted by atomic mass is 10.0. The predicted molar refractivity (Wildman–Crippen MR) is 82.3 cm³/mol. The minimum Gasteiger partial charge on any atom is -0.493 e. The Morgan fingerprint density at radius 3 is 2.41 bits per heavy atom. The summed E-state index contributed by atoms with van der Waals surface area (Å²) in [6.45, 7) is 5.42. The zero-order valence-corrected chi connectivity index (χ0v) is 13.7. The highest BCUT2D eigenvalue weighted by molar-refractivity contribution is 5.95. The van der Waals surface area contributed by atoms with Gasteiger partial charge in [0, 0.05) is 5.54 Å². The first-order chi connectivity index (χ1) is 10.3. The third-order valence-corrected chi connectivity index (χ3v) is 3.32. The summed E-state index contributed by atoms with van der Waals surface area (Å²) >= 11 is 0. The van der Waals surface area contributed by atoms with Crippen molar-refractivity contribution in [2.75, 3.05) is 20.8 Å². The van der Waals surface area contributed by atoms with Crippen molar-refractivity contribution in [3.63, 3.8) is 0 Å². The van der Waals surface area contributed by atoms with Crippen molar-refractivity contribution in [1.29, 1.82) is 0 Å². The SMILES string of the molecule is CCC(C)(C)NC(=O)COC(=O)c1cccc(OC)c1OC. The summed E-state index contributed by atoms with van der Waals surface area (Å²) in [6.07, 6.45) is 0.774. The average Bonchev–Trinajstić information content (AvgIpc) is 2.51. The zero-order chi connectivity index (χ0) is 16.8. The number of hydrogen-bond acceptors (Lipinski definition) is 5. The molecule has 6 heteroatoms. The second kappa shape index (κ2) is 7.68. The molecule has 0 aliphatic carbocycles. The Bertz CT molecular complexity index is 539. The molecule has 0 atom stereocenters. The summed E-state index contributed by atoms with van der Waals surface area (Å²) in [5.41, 5.74) is -0.124. The second-order valence-electron chi connectivity index (χ2n) is 5.40. The van der Waals surface area contributed by atoms with Gasteiger partial charge in [-0.1, -0.05) is 13.0 Å². The van der Waals surface area contributed by atoms with Gasteiger partial charge in [0.1, 0.15) is 5.56 Å². The molecule has 1 aromatic carbocycles. The molecule has 122 valence electrons. The molecule has 0 unspecified atom stereocenters. The molecule has 1 aromatic rings. The van der Waals surface area contributed by atoms with E-state index in [9.17, 15) is 9.59 Å². The third-order valence-electron chi connectivity index (χ3n) is 3.32. The highest BCUT2D eigenvalue weighted by Crippen LogP contribution is 2.31. The van der Waals surface area contributed by atoms with Crippen molar-refractivity contribution in [3.05, 3.63) is 23.8 Å². The largest absolute Gasteiger partial charge is 0.493 e. The Labute approximate surface area is 130 Å². The molecular weight excluding hydrogens is 286 g/mol. The highest BCUT2D eigenvalue weighted by Gasteiger charge is 2.21. The van der Waals surface area contributed by atoms with E-state index in [1.54, 1.807) is 18.2 Å². The van der Waals surface area contributed by atoms with Crippen LogP contribution in [-0.2, 0) is 9.53 Å². The van der Waals surface area contributed by atoms with E-state index in [1.807, 2.05) is 20.8 Å². The zero-order valence-electron chi connectivity index (χ0n) is 13.7. The maximum Gasteiger partial charge on any atom is 0.342 e. The van der Waals surface area contributed by atoms with Crippen LogP contribution in [0.3, 0.4) is 0 Å². The molecule has 0 heterocycles. The monoisotopic (exact) mass is 309 g/mol. The normalized spacial score (nSPS) is 10.8. The number of hydrogen-bond donors (Lipinski definition) is 1. The summed E-state index contributed by atoms with van der Waals surface area (Å²) in [6, 6.07) is 4.88. The van der Waals surface area contributed by atoms with Crippen molar-refractivity contribution >= 4 is 11.9 Å². The van der Waals surface area contributed by atoms with E-state index >= 15 is 0 Å². The number of benzene rings is 1. The average molecular weight is 309 g/mol. The van der Waals surface area contributed by atoms with Crippen LogP contribution in [0.25, 0.3) is 0 Å². The molecule has 0 saturated heterocycles. The fraction of sp³-hybridized carbons (Fsp3) is 0.500. The molecule has 0 saturated carbocycles. The molecule has 0 fully saturated rings. The number of para-hydroxylation sites is 1. The van der Waals surface area contributed by atoms with Gasteiger partial charge in [-0.15, -0.1) is 0 Å². The topological polar surface area (TPSA) is 73.9 Å². The number of methoxy groups -OCH3 is 2. The van der Waals surface area contributed by atoms with E-state index in [1.165, 1.54) is 14.2 Å². The first kappa shape index (κ1) is 17.8. The van der Waals surface area contributed by atoms with Gasteiger partial charge < -0.3 is 19.5 Å². The van der Waals surface area contributed by atoms with Crippen LogP contribution in [0.2, 0.25) is 0 Å². The number of carbonyl (C=O) groups excluding carboxylic acids is 2. The molecule has 1 N–H and O–H groups in total. The standard InChI is InChI=1S/C16H23NO5/c1-6-16(2,3)17-13(18)10-22-15(19)11-8-7-9-12(20-4)14(11)21-5/h7-9H,6,10H2,1-5H3,(H,17,18). The number of rotatable bonds is 7. The smallest absolute Gasteiger partial charge is 0.342 e. The minimum atomic E-state index is -0.639. The fourth-order valence-electron chi connectivity index (χ4n) is 1.76. The van der Waals surface area contributed by atoms with Crippen LogP contribution in [0.1, 0.15) is 37.6 Å². The van der Waals surface area contributed by atoms with E-state index in [2.05, 4.69) is 5.32 Å². The van der Waals surface area contributed by atoms with Gasteiger partial charge >= 0.3 is 5.97 Å². The van der Waals surface area contributed by atoms with Gasteiger partial charge in [-0.25, -0.2) is 4.79 Å². The van der Waals surface area contributed by atoms with Crippen molar-refractivity contribution in [1.82, 2.24) is 5.32 Å². The maximum atomic E-state index is 12.1. The maximum absolute atomic E-state index is 12.1. The van der Waals surface area contributed by atoms with Gasteiger partial charge in [0.25, 0.3) is 5.91 Å². The molecule has 0 bridgehead atoms. The van der Waals surface area contributed by atoms with Crippen LogP contribution in [0, 0.1) is 0 Å². The molecular formula is C16H23NO5. The van der Waals surface area contributed by atoms with Crippen LogP contribution in [-0.4, -0.2) is 38.2 Å². The lowest BCUT2D eigenvalue weighted by Crippen LogP contribution is -2.44. The molecule has 0 radical (unpaired) electrons. The summed E-state index contributed by atoms with van der Waals surface area (Å²) in [7, 11) is 2.92. The van der Waals surface area contributed by atoms with Crippen LogP contribution >= 0.6 is 0 Å². The summed E-state index contributed by atoms with van der Waals surface area (Å²) in [5, 5.41) is 2.79. The molecule has 22 heavy (non-hydrogen) atoms. The van der Waals surface area contributed by atoms with Gasteiger partial charge in [-0.05, 0) is 32.4 Å². The lowest BCUT2D eigenvalue weighted by Gasteiger charge is -2.24. The first-order valence-electron chi connectivity index (χ1n) is 7.03. The minimum absolute atomic E-state index is 0.212. The van der Waals surface area contributed by atoms with Crippen LogP contribution < -0.4 is 14.8 Å². The van der Waals surface area contributed by atoms with E-state index < -0.39 is 5.97 Å². The molecule has 0 spiro atoms. The van der Waals surface area contributed by atoms with Crippen molar-refractivity contribution in [3.8, 4) is 11.5 Å². The summed E-state index contributed by atoms with van der Waals surface area (Å²) < 4.78 is 15.3. The summed E-state index contributed by atoms with van der Waals surface area (Å²) in [5.74, 6) is -0.278. The van der Waals surface area contributed by atoms with Crippen LogP contribution in [0.4, 0.5) is 0 Å². The Balaban J connectivity index is 2.73. The first-order valence-corrected chi connectivity index (χ1v) is 7.03. The molecule has 0 aliphatic rings. The Morgan fingerprint density at radius 1 is 1.18 bits per heavy atom. The van der Waals surface area contributed by atoms with E-state index in [0.717, 1.165) is 6.42 Å². The molecule has 0 aliphatic heterocycles. The van der Waals surface area contributed by atoms with Gasteiger partial charge in [-0.2, -0.15) is 0 Å². The Hall–Kier alpha value is -2.24. The Morgan fingerprint density at radius 2 is 1.86 bits per heavy atom. The number of ether oxygens (including phenoxy) is 3. The van der Waals surface area contributed by atoms with E-state index in [0.29, 0.717) is 5.75 Å². The fourth-order valence-corrected chi connectivity index (χ4v) is 1.76. The molecule has 0 aromatic heterocycles. The quantitative estimate of drug-likeness (QED) is 0.781. The van der Waals surface area contributed by atoms with E-state index in [4.69, 9.17) is 14.2 Å². The van der Waals surface area contributed by atoms with Crippen LogP contribution in [0.15, 0.2) is 18.2 Å². The van der Waals surface area contributed by atoms with Crippen molar-refractivity contribution in [2.45, 2.75) is 32.7 Å². The van der Waals surface area contributed by atoms with Crippen molar-refractivity contribution < 1.29 is 23.8 Å². The molecule has 1 amide bonds. The Kier molecular flexibility index (Phi) is 6.22. The lowest BCUT2D eigenvalue weighted by molar-refractivity contribution is -0.125. The number of amides is 1. The number of carbonyl (C=O) groups is 2. The predicted octanol–water partition coefficient (Wildman–Crippen LogP) is 2.17. The number of esters is 1. The van der Waals surface area contributed by atoms with Gasteiger partial charge in [-0.3, -0.25) is 4.79 Å². The molecule has 1 rings (SSSR count). The molecule has 6 nitrogen and oxygen atoms in total. The third kappa shape index (κ3) is 4.65.